The molecule has 0 aromatic heterocycles. The Morgan fingerprint density at radius 1 is 0.841 bits per heavy atom. The highest BCUT2D eigenvalue weighted by atomic mass is 35.5. The van der Waals surface area contributed by atoms with Crippen molar-refractivity contribution in [3.63, 3.8) is 0 Å². The number of hydrogen-bond donors (Lipinski definition) is 1. The Morgan fingerprint density at radius 3 is 1.66 bits per heavy atom. The Morgan fingerprint density at radius 2 is 1.27 bits per heavy atom. The highest BCUT2D eigenvalue weighted by Gasteiger charge is 2.28. The number of carbonyl (C=O) groups is 1. The van der Waals surface area contributed by atoms with Gasteiger partial charge in [0, 0.05) is 13.1 Å². The highest BCUT2D eigenvalue weighted by Crippen LogP contribution is 2.32. The van der Waals surface area contributed by atoms with Crippen molar-refractivity contribution in [2.75, 3.05) is 26.2 Å². The maximum atomic E-state index is 12.2. The molecule has 44 heavy (non-hydrogen) atoms. The van der Waals surface area contributed by atoms with Crippen LogP contribution >= 0.6 is 12.4 Å². The summed E-state index contributed by atoms with van der Waals surface area (Å²) in [6, 6.07) is 17.3. The molecule has 2 saturated heterocycles. The molecule has 2 aromatic carbocycles. The number of nitrogens with one attached hydrogen (secondary N) is 1. The SMILES string of the molecule is CC(C)Cc1ccc(C#N)c(C2CCN(C(=O)OC(C)(C)C)CC2)c1.CC(C)Cc1ccc(C#N)c(C2CCNCC2)c1.Cl. The molecule has 0 radical (unpaired) electrons. The van der Waals surface area contributed by atoms with Gasteiger partial charge in [-0.2, -0.15) is 10.5 Å². The van der Waals surface area contributed by atoms with Gasteiger partial charge in [0.05, 0.1) is 23.3 Å². The molecule has 6 nitrogen and oxygen atoms in total. The van der Waals surface area contributed by atoms with Gasteiger partial charge in [-0.3, -0.25) is 0 Å². The highest BCUT2D eigenvalue weighted by molar-refractivity contribution is 5.85. The number of halogens is 1. The van der Waals surface area contributed by atoms with E-state index < -0.39 is 5.60 Å². The second-order valence-corrected chi connectivity index (χ2v) is 14.0. The zero-order chi connectivity index (χ0) is 31.6. The summed E-state index contributed by atoms with van der Waals surface area (Å²) in [4.78, 5) is 14.0. The van der Waals surface area contributed by atoms with E-state index in [2.05, 4.69) is 69.4 Å². The van der Waals surface area contributed by atoms with Gasteiger partial charge >= 0.3 is 6.09 Å². The third-order valence-corrected chi connectivity index (χ3v) is 8.13. The molecule has 240 valence electrons. The van der Waals surface area contributed by atoms with E-state index >= 15 is 0 Å². The Bertz CT molecular complexity index is 1290. The number of rotatable bonds is 6. The molecule has 4 rings (SSSR count). The quantitative estimate of drug-likeness (QED) is 0.350. The van der Waals surface area contributed by atoms with Crippen LogP contribution in [-0.4, -0.2) is 42.8 Å². The van der Waals surface area contributed by atoms with Gasteiger partial charge in [-0.15, -0.1) is 12.4 Å². The fourth-order valence-corrected chi connectivity index (χ4v) is 6.13. The maximum absolute atomic E-state index is 12.2. The minimum absolute atomic E-state index is 0. The number of nitrogens with zero attached hydrogens (tertiary/aromatic N) is 3. The third-order valence-electron chi connectivity index (χ3n) is 8.13. The largest absolute Gasteiger partial charge is 0.444 e. The Balaban J connectivity index is 0.000000315. The lowest BCUT2D eigenvalue weighted by atomic mass is 9.85. The molecule has 2 fully saturated rings. The van der Waals surface area contributed by atoms with Crippen LogP contribution < -0.4 is 5.32 Å². The first kappa shape index (κ1) is 37.1. The first-order valence-corrected chi connectivity index (χ1v) is 16.1. The minimum atomic E-state index is -0.465. The van der Waals surface area contributed by atoms with Crippen molar-refractivity contribution in [3.8, 4) is 12.1 Å². The van der Waals surface area contributed by atoms with E-state index in [0.29, 0.717) is 36.8 Å². The number of carbonyl (C=O) groups excluding carboxylic acids is 1. The standard InChI is InChI=1S/C21H30N2O2.C16H22N2.ClH/c1-15(2)12-16-6-7-18(14-22)19(13-16)17-8-10-23(11-9-17)20(24)25-21(3,4)5;1-12(2)9-13-3-4-15(11-17)16(10-13)14-5-7-18-8-6-14;/h6-7,13,15,17H,8-12H2,1-5H3;3-4,10,12,14,18H,5-9H2,1-2H3;1H. The first-order valence-electron chi connectivity index (χ1n) is 16.1. The van der Waals surface area contributed by atoms with Crippen LogP contribution in [0.15, 0.2) is 36.4 Å². The van der Waals surface area contributed by atoms with E-state index in [9.17, 15) is 15.3 Å². The van der Waals surface area contributed by atoms with Gasteiger partial charge in [0.1, 0.15) is 5.60 Å². The van der Waals surface area contributed by atoms with Crippen molar-refractivity contribution in [3.05, 3.63) is 69.8 Å². The summed E-state index contributed by atoms with van der Waals surface area (Å²) in [7, 11) is 0. The van der Waals surface area contributed by atoms with Crippen molar-refractivity contribution in [1.29, 1.82) is 10.5 Å². The van der Waals surface area contributed by atoms with Crippen molar-refractivity contribution in [1.82, 2.24) is 10.2 Å². The summed E-state index contributed by atoms with van der Waals surface area (Å²) in [6.07, 6.45) is 5.94. The lowest BCUT2D eigenvalue weighted by Gasteiger charge is -2.34. The summed E-state index contributed by atoms with van der Waals surface area (Å²) < 4.78 is 5.46. The number of likely N-dealkylation sites (tertiary alicyclic amines) is 1. The van der Waals surface area contributed by atoms with E-state index in [-0.39, 0.29) is 18.5 Å². The van der Waals surface area contributed by atoms with Gasteiger partial charge in [-0.1, -0.05) is 52.0 Å². The molecule has 2 heterocycles. The monoisotopic (exact) mass is 620 g/mol. The molecule has 2 aromatic rings. The van der Waals surface area contributed by atoms with Gasteiger partial charge in [0.2, 0.25) is 0 Å². The third kappa shape index (κ3) is 11.5. The molecule has 0 spiro atoms. The summed E-state index contributed by atoms with van der Waals surface area (Å²) in [6.45, 7) is 18.1. The van der Waals surface area contributed by atoms with Crippen LogP contribution in [-0.2, 0) is 17.6 Å². The van der Waals surface area contributed by atoms with Crippen molar-refractivity contribution < 1.29 is 9.53 Å². The molecule has 1 amide bonds. The van der Waals surface area contributed by atoms with Gasteiger partial charge in [-0.25, -0.2) is 4.79 Å². The number of nitriles is 2. The van der Waals surface area contributed by atoms with E-state index in [4.69, 9.17) is 4.74 Å². The number of hydrogen-bond acceptors (Lipinski definition) is 5. The first-order chi connectivity index (χ1) is 20.4. The fraction of sp³-hybridized carbons (Fsp3) is 0.595. The minimum Gasteiger partial charge on any atom is -0.444 e. The zero-order valence-electron chi connectivity index (χ0n) is 27.9. The van der Waals surface area contributed by atoms with Gasteiger partial charge in [-0.05, 0) is 130 Å². The topological polar surface area (TPSA) is 89.2 Å². The van der Waals surface area contributed by atoms with E-state index in [1.165, 1.54) is 16.7 Å². The lowest BCUT2D eigenvalue weighted by molar-refractivity contribution is 0.0204. The predicted molar refractivity (Wildman–Crippen MR) is 181 cm³/mol. The molecule has 1 N–H and O–H groups in total. The molecular weight excluding hydrogens is 568 g/mol. The molecule has 2 aliphatic rings. The van der Waals surface area contributed by atoms with Gasteiger partial charge in [0.25, 0.3) is 0 Å². The van der Waals surface area contributed by atoms with Crippen LogP contribution in [0.1, 0.15) is 119 Å². The number of benzene rings is 2. The van der Waals surface area contributed by atoms with Crippen LogP contribution in [0.2, 0.25) is 0 Å². The average Bonchev–Trinajstić information content (AvgIpc) is 2.96. The van der Waals surface area contributed by atoms with Crippen LogP contribution in [0.3, 0.4) is 0 Å². The molecule has 0 saturated carbocycles. The maximum Gasteiger partial charge on any atom is 0.410 e. The van der Waals surface area contributed by atoms with Crippen molar-refractivity contribution in [2.24, 2.45) is 11.8 Å². The summed E-state index contributed by atoms with van der Waals surface area (Å²) in [5, 5.41) is 22.1. The Hall–Kier alpha value is -3.06. The van der Waals surface area contributed by atoms with Crippen LogP contribution in [0, 0.1) is 34.5 Å². The zero-order valence-corrected chi connectivity index (χ0v) is 28.7. The summed E-state index contributed by atoms with van der Waals surface area (Å²) >= 11 is 0. The van der Waals surface area contributed by atoms with Crippen LogP contribution in [0.25, 0.3) is 0 Å². The van der Waals surface area contributed by atoms with Crippen molar-refractivity contribution >= 4 is 18.5 Å². The molecule has 7 heteroatoms. The van der Waals surface area contributed by atoms with Gasteiger partial charge < -0.3 is 15.0 Å². The molecule has 0 aliphatic carbocycles. The molecule has 0 bridgehead atoms. The number of amides is 1. The van der Waals surface area contributed by atoms with E-state index in [1.54, 1.807) is 4.90 Å². The molecule has 2 aliphatic heterocycles. The van der Waals surface area contributed by atoms with Gasteiger partial charge in [0.15, 0.2) is 0 Å². The lowest BCUT2D eigenvalue weighted by Crippen LogP contribution is -2.41. The Labute approximate surface area is 272 Å². The van der Waals surface area contributed by atoms with E-state index in [0.717, 1.165) is 68.3 Å². The molecule has 0 unspecified atom stereocenters. The molecule has 0 atom stereocenters. The van der Waals surface area contributed by atoms with Crippen LogP contribution in [0.5, 0.6) is 0 Å². The fourth-order valence-electron chi connectivity index (χ4n) is 6.13. The van der Waals surface area contributed by atoms with Crippen molar-refractivity contribution in [2.45, 2.75) is 104 Å². The summed E-state index contributed by atoms with van der Waals surface area (Å²) in [5.41, 5.74) is 6.25. The average molecular weight is 621 g/mol. The smallest absolute Gasteiger partial charge is 0.410 e. The normalized spacial score (nSPS) is 15.9. The van der Waals surface area contributed by atoms with E-state index in [1.807, 2.05) is 32.9 Å². The second kappa shape index (κ2) is 17.4. The number of ether oxygens (including phenoxy) is 1. The predicted octanol–water partition coefficient (Wildman–Crippen LogP) is 8.52. The second-order valence-electron chi connectivity index (χ2n) is 14.0. The number of piperidine rings is 2. The Kier molecular flexibility index (Phi) is 14.7. The molecular formula is C37H53ClN4O2. The summed E-state index contributed by atoms with van der Waals surface area (Å²) in [5.74, 6) is 2.15. The van der Waals surface area contributed by atoms with Crippen LogP contribution in [0.4, 0.5) is 4.79 Å².